The number of fused-ring (bicyclic) bond motifs is 1. The summed E-state index contributed by atoms with van der Waals surface area (Å²) in [6.45, 7) is 1.94. The van der Waals surface area contributed by atoms with Crippen molar-refractivity contribution in [2.45, 2.75) is 24.2 Å². The van der Waals surface area contributed by atoms with Gasteiger partial charge in [-0.1, -0.05) is 30.3 Å². The average Bonchev–Trinajstić information content (AvgIpc) is 2.39. The minimum Gasteiger partial charge on any atom is -0.398 e. The van der Waals surface area contributed by atoms with Crippen LogP contribution in [-0.2, 0) is 17.2 Å². The van der Waals surface area contributed by atoms with Crippen LogP contribution in [0.4, 0.5) is 5.69 Å². The van der Waals surface area contributed by atoms with Gasteiger partial charge in [-0.2, -0.15) is 0 Å². The van der Waals surface area contributed by atoms with Crippen LogP contribution in [0.2, 0.25) is 0 Å². The van der Waals surface area contributed by atoms with Crippen molar-refractivity contribution in [1.82, 2.24) is 0 Å². The molecule has 0 aromatic heterocycles. The minimum atomic E-state index is -0.971. The molecular weight excluding hydrogens is 254 g/mol. The molecule has 0 heterocycles. The molecule has 2 atom stereocenters. The predicted octanol–water partition coefficient (Wildman–Crippen LogP) is 3.02. The Hall–Kier alpha value is -1.61. The van der Waals surface area contributed by atoms with E-state index in [-0.39, 0.29) is 0 Å². The Bertz CT molecular complexity index is 651. The summed E-state index contributed by atoms with van der Waals surface area (Å²) in [4.78, 5) is 0.879. The molecule has 0 bridgehead atoms. The zero-order valence-electron chi connectivity index (χ0n) is 10.9. The Kier molecular flexibility index (Phi) is 3.15. The molecule has 2 unspecified atom stereocenters. The standard InChI is InChI=1S/C16H17NOS/c1-11-15(17)7-4-8-16(11)19(18)10-13-9-12-5-2-3-6-14(12)13/h2-8,13H,9-10,17H2,1H3. The van der Waals surface area contributed by atoms with Gasteiger partial charge in [0.2, 0.25) is 0 Å². The van der Waals surface area contributed by atoms with Gasteiger partial charge in [-0.05, 0) is 42.2 Å². The summed E-state index contributed by atoms with van der Waals surface area (Å²) in [7, 11) is -0.971. The lowest BCUT2D eigenvalue weighted by Gasteiger charge is -2.29. The normalized spacial score (nSPS) is 18.5. The second-order valence-corrected chi connectivity index (χ2v) is 6.55. The molecule has 2 N–H and O–H groups in total. The fourth-order valence-electron chi connectivity index (χ4n) is 2.66. The first-order valence-corrected chi connectivity index (χ1v) is 7.80. The van der Waals surface area contributed by atoms with E-state index in [9.17, 15) is 4.21 Å². The van der Waals surface area contributed by atoms with Crippen molar-refractivity contribution in [3.63, 3.8) is 0 Å². The molecule has 19 heavy (non-hydrogen) atoms. The number of nitrogens with two attached hydrogens (primary N) is 1. The summed E-state index contributed by atoms with van der Waals surface area (Å²) in [5.41, 5.74) is 10.3. The van der Waals surface area contributed by atoms with Crippen LogP contribution in [-0.4, -0.2) is 9.96 Å². The van der Waals surface area contributed by atoms with E-state index in [0.29, 0.717) is 11.7 Å². The zero-order chi connectivity index (χ0) is 13.4. The quantitative estimate of drug-likeness (QED) is 0.872. The van der Waals surface area contributed by atoms with Crippen LogP contribution in [0.3, 0.4) is 0 Å². The lowest BCUT2D eigenvalue weighted by atomic mass is 9.79. The van der Waals surface area contributed by atoms with Gasteiger partial charge in [-0.15, -0.1) is 0 Å². The van der Waals surface area contributed by atoms with Gasteiger partial charge in [-0.3, -0.25) is 4.21 Å². The van der Waals surface area contributed by atoms with E-state index in [1.807, 2.05) is 25.1 Å². The van der Waals surface area contributed by atoms with Crippen molar-refractivity contribution in [2.75, 3.05) is 11.5 Å². The van der Waals surface area contributed by atoms with Crippen molar-refractivity contribution in [2.24, 2.45) is 0 Å². The Balaban J connectivity index is 1.79. The molecule has 1 aliphatic carbocycles. The summed E-state index contributed by atoms with van der Waals surface area (Å²) in [6, 6.07) is 14.1. The molecule has 0 radical (unpaired) electrons. The third kappa shape index (κ3) is 2.19. The van der Waals surface area contributed by atoms with Crippen molar-refractivity contribution in [3.8, 4) is 0 Å². The Morgan fingerprint density at radius 3 is 2.79 bits per heavy atom. The molecule has 0 saturated carbocycles. The van der Waals surface area contributed by atoms with Crippen LogP contribution in [0.1, 0.15) is 22.6 Å². The fourth-order valence-corrected chi connectivity index (χ4v) is 4.19. The van der Waals surface area contributed by atoms with Gasteiger partial charge in [0.05, 0.1) is 10.8 Å². The van der Waals surface area contributed by atoms with Gasteiger partial charge in [0, 0.05) is 22.3 Å². The minimum absolute atomic E-state index is 0.429. The number of benzene rings is 2. The first kappa shape index (κ1) is 12.4. The van der Waals surface area contributed by atoms with Crippen molar-refractivity contribution >= 4 is 16.5 Å². The Morgan fingerprint density at radius 1 is 1.21 bits per heavy atom. The molecule has 98 valence electrons. The maximum atomic E-state index is 12.5. The first-order chi connectivity index (χ1) is 9.16. The van der Waals surface area contributed by atoms with Gasteiger partial charge in [0.1, 0.15) is 0 Å². The second-order valence-electron chi connectivity index (χ2n) is 5.08. The second kappa shape index (κ2) is 4.82. The zero-order valence-corrected chi connectivity index (χ0v) is 11.7. The van der Waals surface area contributed by atoms with Gasteiger partial charge in [0.15, 0.2) is 0 Å². The van der Waals surface area contributed by atoms with E-state index in [2.05, 4.69) is 24.3 Å². The lowest BCUT2D eigenvalue weighted by Crippen LogP contribution is -2.22. The molecule has 0 saturated heterocycles. The van der Waals surface area contributed by atoms with Crippen molar-refractivity contribution in [3.05, 3.63) is 59.2 Å². The number of hydrogen-bond acceptors (Lipinski definition) is 2. The van der Waals surface area contributed by atoms with Gasteiger partial charge in [-0.25, -0.2) is 0 Å². The van der Waals surface area contributed by atoms with E-state index >= 15 is 0 Å². The summed E-state index contributed by atoms with van der Waals surface area (Å²) in [5.74, 6) is 1.12. The smallest absolute Gasteiger partial charge is 0.0539 e. The molecule has 2 nitrogen and oxygen atoms in total. The molecule has 1 aliphatic rings. The Morgan fingerprint density at radius 2 is 2.00 bits per heavy atom. The number of hydrogen-bond donors (Lipinski definition) is 1. The first-order valence-electron chi connectivity index (χ1n) is 6.48. The van der Waals surface area contributed by atoms with Gasteiger partial charge < -0.3 is 5.73 Å². The average molecular weight is 271 g/mol. The van der Waals surface area contributed by atoms with Crippen LogP contribution >= 0.6 is 0 Å². The molecule has 3 rings (SSSR count). The maximum absolute atomic E-state index is 12.5. The topological polar surface area (TPSA) is 43.1 Å². The van der Waals surface area contributed by atoms with Gasteiger partial charge in [0.25, 0.3) is 0 Å². The lowest BCUT2D eigenvalue weighted by molar-refractivity contribution is 0.644. The summed E-state index contributed by atoms with van der Waals surface area (Å²) in [6.07, 6.45) is 1.04. The van der Waals surface area contributed by atoms with E-state index < -0.39 is 10.8 Å². The van der Waals surface area contributed by atoms with E-state index in [4.69, 9.17) is 5.73 Å². The highest BCUT2D eigenvalue weighted by molar-refractivity contribution is 7.85. The van der Waals surface area contributed by atoms with Crippen LogP contribution < -0.4 is 5.73 Å². The van der Waals surface area contributed by atoms with E-state index in [0.717, 1.165) is 22.6 Å². The number of anilines is 1. The number of rotatable bonds is 3. The summed E-state index contributed by atoms with van der Waals surface area (Å²) in [5, 5.41) is 0. The predicted molar refractivity (Wildman–Crippen MR) is 79.8 cm³/mol. The van der Waals surface area contributed by atoms with Gasteiger partial charge >= 0.3 is 0 Å². The molecule has 0 amide bonds. The maximum Gasteiger partial charge on any atom is 0.0539 e. The third-order valence-electron chi connectivity index (χ3n) is 3.89. The molecule has 2 aromatic carbocycles. The van der Waals surface area contributed by atoms with Crippen LogP contribution in [0.5, 0.6) is 0 Å². The van der Waals surface area contributed by atoms with Crippen LogP contribution in [0, 0.1) is 6.92 Å². The Labute approximate surface area is 116 Å². The molecule has 0 spiro atoms. The monoisotopic (exact) mass is 271 g/mol. The van der Waals surface area contributed by atoms with Crippen molar-refractivity contribution in [1.29, 1.82) is 0 Å². The molecule has 0 fully saturated rings. The highest BCUT2D eigenvalue weighted by atomic mass is 32.2. The van der Waals surface area contributed by atoms with E-state index in [1.54, 1.807) is 0 Å². The van der Waals surface area contributed by atoms with Crippen molar-refractivity contribution < 1.29 is 4.21 Å². The molecule has 0 aliphatic heterocycles. The number of nitrogen functional groups attached to an aromatic ring is 1. The molecule has 2 aromatic rings. The highest BCUT2D eigenvalue weighted by Crippen LogP contribution is 2.36. The largest absolute Gasteiger partial charge is 0.398 e. The summed E-state index contributed by atoms with van der Waals surface area (Å²) < 4.78 is 12.5. The molecular formula is C16H17NOS. The highest BCUT2D eigenvalue weighted by Gasteiger charge is 2.27. The third-order valence-corrected chi connectivity index (χ3v) is 5.52. The van der Waals surface area contributed by atoms with Crippen LogP contribution in [0.25, 0.3) is 0 Å². The van der Waals surface area contributed by atoms with Crippen LogP contribution in [0.15, 0.2) is 47.4 Å². The fraction of sp³-hybridized carbons (Fsp3) is 0.250. The summed E-state index contributed by atoms with van der Waals surface area (Å²) >= 11 is 0. The van der Waals surface area contributed by atoms with E-state index in [1.165, 1.54) is 11.1 Å². The SMILES string of the molecule is Cc1c(N)cccc1S(=O)CC1Cc2ccccc21. The molecule has 3 heteroatoms.